The summed E-state index contributed by atoms with van der Waals surface area (Å²) >= 11 is 0. The topological polar surface area (TPSA) is 111 Å². The van der Waals surface area contributed by atoms with Crippen LogP contribution in [0.25, 0.3) is 0 Å². The number of nitrogens with one attached hydrogen (secondary N) is 1. The molecule has 3 N–H and O–H groups in total. The van der Waals surface area contributed by atoms with Gasteiger partial charge in [-0.25, -0.2) is 4.57 Å². The maximum atomic E-state index is 10.3. The van der Waals surface area contributed by atoms with Gasteiger partial charge >= 0.3 is 5.95 Å². The van der Waals surface area contributed by atoms with Gasteiger partial charge in [0.2, 0.25) is 0 Å². The van der Waals surface area contributed by atoms with Crippen LogP contribution in [0.15, 0.2) is 12.4 Å². The van der Waals surface area contributed by atoms with E-state index in [1.165, 1.54) is 17.0 Å². The van der Waals surface area contributed by atoms with Crippen molar-refractivity contribution in [2.24, 2.45) is 5.73 Å². The summed E-state index contributed by atoms with van der Waals surface area (Å²) in [5.41, 5.74) is 5.06. The van der Waals surface area contributed by atoms with E-state index in [2.05, 4.69) is 4.98 Å². The highest BCUT2D eigenvalue weighted by molar-refractivity contribution is 5.76. The second-order valence-electron chi connectivity index (χ2n) is 2.14. The Morgan fingerprint density at radius 3 is 3.08 bits per heavy atom. The molecular formula is C5H7N5O2. The molecule has 0 fully saturated rings. The number of hydrogen-bond donors (Lipinski definition) is 2. The quantitative estimate of drug-likeness (QED) is 0.280. The molecule has 0 aromatic carbocycles. The molecule has 0 aliphatic carbocycles. The molecule has 0 aliphatic rings. The molecule has 64 valence electrons. The third-order valence-electron chi connectivity index (χ3n) is 1.20. The predicted octanol–water partition coefficient (Wildman–Crippen LogP) is -0.273. The minimum absolute atomic E-state index is 0.00366. The van der Waals surface area contributed by atoms with Gasteiger partial charge in [0.25, 0.3) is 0 Å². The van der Waals surface area contributed by atoms with E-state index in [1.54, 1.807) is 0 Å². The van der Waals surface area contributed by atoms with Gasteiger partial charge in [-0.05, 0) is 4.92 Å². The van der Waals surface area contributed by atoms with Crippen LogP contribution in [0.5, 0.6) is 0 Å². The number of nitrogens with zero attached hydrogens (tertiary/aromatic N) is 3. The van der Waals surface area contributed by atoms with Crippen molar-refractivity contribution in [2.45, 2.75) is 6.54 Å². The number of rotatable bonds is 3. The minimum atomic E-state index is -0.622. The maximum absolute atomic E-state index is 10.3. The lowest BCUT2D eigenvalue weighted by Gasteiger charge is -1.98. The molecule has 0 aliphatic heterocycles. The average molecular weight is 169 g/mol. The fraction of sp³-hybridized carbons (Fsp3) is 0.200. The van der Waals surface area contributed by atoms with Gasteiger partial charge in [-0.3, -0.25) is 5.41 Å². The lowest BCUT2D eigenvalue weighted by molar-refractivity contribution is -0.396. The van der Waals surface area contributed by atoms with E-state index in [0.717, 1.165) is 0 Å². The molecule has 1 rings (SSSR count). The molecule has 7 nitrogen and oxygen atoms in total. The van der Waals surface area contributed by atoms with E-state index in [0.29, 0.717) is 0 Å². The smallest absolute Gasteiger partial charge is 0.390 e. The normalized spacial score (nSPS) is 9.67. The van der Waals surface area contributed by atoms with Crippen molar-refractivity contribution in [3.63, 3.8) is 0 Å². The van der Waals surface area contributed by atoms with Crippen LogP contribution in [0.2, 0.25) is 0 Å². The summed E-state index contributed by atoms with van der Waals surface area (Å²) in [6.07, 6.45) is 2.70. The Labute approximate surface area is 67.5 Å². The summed E-state index contributed by atoms with van der Waals surface area (Å²) in [4.78, 5) is 13.1. The first kappa shape index (κ1) is 8.18. The van der Waals surface area contributed by atoms with Crippen LogP contribution in [-0.4, -0.2) is 20.3 Å². The molecule has 1 aromatic rings. The molecule has 0 amide bonds. The number of nitro groups is 1. The largest absolute Gasteiger partial charge is 0.434 e. The summed E-state index contributed by atoms with van der Waals surface area (Å²) in [5, 5.41) is 17.2. The Bertz CT molecular complexity index is 317. The summed E-state index contributed by atoms with van der Waals surface area (Å²) in [5.74, 6) is -0.443. The molecule has 0 unspecified atom stereocenters. The summed E-state index contributed by atoms with van der Waals surface area (Å²) < 4.78 is 1.20. The van der Waals surface area contributed by atoms with E-state index in [1.807, 2.05) is 0 Å². The first-order valence-corrected chi connectivity index (χ1v) is 3.09. The van der Waals surface area contributed by atoms with E-state index in [-0.39, 0.29) is 18.3 Å². The Kier molecular flexibility index (Phi) is 2.04. The van der Waals surface area contributed by atoms with Gasteiger partial charge in [0.05, 0.1) is 0 Å². The highest BCUT2D eigenvalue weighted by atomic mass is 16.6. The Morgan fingerprint density at radius 2 is 2.58 bits per heavy atom. The molecule has 0 saturated carbocycles. The highest BCUT2D eigenvalue weighted by Crippen LogP contribution is 2.05. The first-order valence-electron chi connectivity index (χ1n) is 3.09. The number of hydrogen-bond acceptors (Lipinski definition) is 4. The molecule has 0 saturated heterocycles. The first-order chi connectivity index (χ1) is 5.61. The van der Waals surface area contributed by atoms with Crippen molar-refractivity contribution >= 4 is 11.8 Å². The van der Waals surface area contributed by atoms with Crippen LogP contribution in [0, 0.1) is 15.5 Å². The highest BCUT2D eigenvalue weighted by Gasteiger charge is 2.13. The van der Waals surface area contributed by atoms with Crippen molar-refractivity contribution in [3.8, 4) is 0 Å². The van der Waals surface area contributed by atoms with Crippen LogP contribution < -0.4 is 5.73 Å². The SMILES string of the molecule is N=C(N)Cn1ccnc1[N+](=O)[O-]. The van der Waals surface area contributed by atoms with E-state index < -0.39 is 4.92 Å². The third kappa shape index (κ3) is 1.57. The van der Waals surface area contributed by atoms with Crippen molar-refractivity contribution < 1.29 is 4.92 Å². The van der Waals surface area contributed by atoms with Gasteiger partial charge in [0.15, 0.2) is 0 Å². The number of amidine groups is 1. The van der Waals surface area contributed by atoms with Crippen molar-refractivity contribution in [1.29, 1.82) is 5.41 Å². The summed E-state index contributed by atoms with van der Waals surface area (Å²) in [7, 11) is 0. The molecule has 0 radical (unpaired) electrons. The zero-order chi connectivity index (χ0) is 9.14. The molecule has 0 atom stereocenters. The number of imidazole rings is 1. The number of nitrogens with two attached hydrogens (primary N) is 1. The van der Waals surface area contributed by atoms with Crippen LogP contribution in [0.3, 0.4) is 0 Å². The van der Waals surface area contributed by atoms with Crippen LogP contribution in [0.1, 0.15) is 0 Å². The zero-order valence-electron chi connectivity index (χ0n) is 6.10. The van der Waals surface area contributed by atoms with Crippen LogP contribution >= 0.6 is 0 Å². The number of aromatic nitrogens is 2. The van der Waals surface area contributed by atoms with Crippen LogP contribution in [-0.2, 0) is 6.54 Å². The Balaban J connectivity index is 2.91. The second kappa shape index (κ2) is 2.99. The van der Waals surface area contributed by atoms with Gasteiger partial charge in [-0.1, -0.05) is 4.98 Å². The average Bonchev–Trinajstić information content (AvgIpc) is 2.33. The van der Waals surface area contributed by atoms with E-state index in [9.17, 15) is 10.1 Å². The van der Waals surface area contributed by atoms with Crippen molar-refractivity contribution in [2.75, 3.05) is 0 Å². The monoisotopic (exact) mass is 169 g/mol. The van der Waals surface area contributed by atoms with E-state index >= 15 is 0 Å². The van der Waals surface area contributed by atoms with Crippen LogP contribution in [0.4, 0.5) is 5.95 Å². The standard InChI is InChI=1S/C5H7N5O2/c6-4(7)3-9-2-1-8-5(9)10(11)12/h1-2H,3H2,(H3,6,7). The minimum Gasteiger partial charge on any atom is -0.390 e. The molecule has 0 bridgehead atoms. The Morgan fingerprint density at radius 1 is 1.92 bits per heavy atom. The van der Waals surface area contributed by atoms with Gasteiger partial charge in [-0.2, -0.15) is 0 Å². The zero-order valence-corrected chi connectivity index (χ0v) is 6.10. The van der Waals surface area contributed by atoms with Gasteiger partial charge in [0.1, 0.15) is 24.8 Å². The van der Waals surface area contributed by atoms with E-state index in [4.69, 9.17) is 11.1 Å². The fourth-order valence-electron chi connectivity index (χ4n) is 0.780. The van der Waals surface area contributed by atoms with Gasteiger partial charge < -0.3 is 15.8 Å². The molecular weight excluding hydrogens is 162 g/mol. The molecule has 12 heavy (non-hydrogen) atoms. The lowest BCUT2D eigenvalue weighted by Crippen LogP contribution is -2.18. The molecule has 7 heteroatoms. The fourth-order valence-corrected chi connectivity index (χ4v) is 0.780. The molecule has 1 aromatic heterocycles. The Hall–Kier alpha value is -1.92. The van der Waals surface area contributed by atoms with Gasteiger partial charge in [-0.15, -0.1) is 0 Å². The predicted molar refractivity (Wildman–Crippen MR) is 40.8 cm³/mol. The lowest BCUT2D eigenvalue weighted by atomic mass is 10.6. The molecule has 1 heterocycles. The summed E-state index contributed by atoms with van der Waals surface area (Å²) in [6, 6.07) is 0. The third-order valence-corrected chi connectivity index (χ3v) is 1.20. The van der Waals surface area contributed by atoms with Crippen molar-refractivity contribution in [1.82, 2.24) is 9.55 Å². The second-order valence-corrected chi connectivity index (χ2v) is 2.14. The molecule has 0 spiro atoms. The van der Waals surface area contributed by atoms with Crippen molar-refractivity contribution in [3.05, 3.63) is 22.5 Å². The summed E-state index contributed by atoms with van der Waals surface area (Å²) in [6.45, 7) is -0.00366. The maximum Gasteiger partial charge on any atom is 0.434 e. The van der Waals surface area contributed by atoms with Gasteiger partial charge in [0, 0.05) is 0 Å².